The summed E-state index contributed by atoms with van der Waals surface area (Å²) in [6.45, 7) is 3.89. The lowest BCUT2D eigenvalue weighted by Gasteiger charge is -2.11. The van der Waals surface area contributed by atoms with Gasteiger partial charge in [0.05, 0.1) is 126 Å². The predicted octanol–water partition coefficient (Wildman–Crippen LogP) is 21.0. The fourth-order valence-corrected chi connectivity index (χ4v) is 18.0. The molecule has 0 bridgehead atoms. The van der Waals surface area contributed by atoms with E-state index in [1.54, 1.807) is 133 Å². The molecule has 0 spiro atoms. The standard InChI is InChI=1S/C22H12ClN5O.C21H13ClN4S.C19H14ClN5O.C17H13N5OS.C15H11ClN6S/c23-15-9-14(8-13-5-3-7-26-19(13)15)20-21(28-22(25)16(11-24)27-20)18-10-12-4-1-2-6-17(12)29-18;22-15-9-14(8-13-5-3-7-24-19(13)15)20-21(26-18(23)11-25-20)17-10-12-4-1-2-6-16(12)27-17;1-25-7-3-5-13(19(25)26)18-17(23-10-15(21)24-18)12-8-11-4-2-6-22-16(11)14(20)9-12;1-9-20-7-13(24-9)16-15(21-8-14(18)22-16)11-2-3-12-10(6-11)4-5-19-17(12)23;1-7-18-5-11(23-7)15-14(19-6-12(17)21-15)8-2-9-4-20-22-13(9)10(16)3-8/h1-10H,(H2,25,28);1-11H,(H2,23,26);2-10H,1H3,(H2,21,24);2-8H,1H3,(H2,18,22)(H,19,23);2-6H,1H3,(H2,17,21)(H,20,22). The Balaban J connectivity index is 0.000000109. The van der Waals surface area contributed by atoms with Crippen LogP contribution in [0.25, 0.3) is 186 Å². The lowest BCUT2D eigenvalue weighted by molar-refractivity contribution is 0.628. The second kappa shape index (κ2) is 36.0. The average Bonchev–Trinajstić information content (AvgIpc) is 1.67. The predicted molar refractivity (Wildman–Crippen MR) is 516 cm³/mol. The molecule has 0 atom stereocenters. The molecule has 0 radical (unpaired) electrons. The molecule has 28 nitrogen and oxygen atoms in total. The van der Waals surface area contributed by atoms with Gasteiger partial charge in [0.1, 0.15) is 69.1 Å². The highest BCUT2D eigenvalue weighted by Gasteiger charge is 2.25. The number of nitriles is 1. The Morgan fingerprint density at radius 2 is 0.899 bits per heavy atom. The first kappa shape index (κ1) is 84.1. The van der Waals surface area contributed by atoms with Crippen molar-refractivity contribution in [2.24, 2.45) is 7.05 Å². The number of aryl methyl sites for hydroxylation is 3. The number of thiophene rings is 1. The molecule has 15 aromatic heterocycles. The minimum absolute atomic E-state index is 0.0419. The highest BCUT2D eigenvalue weighted by atomic mass is 35.5. The zero-order valence-electron chi connectivity index (χ0n) is 67.6. The van der Waals surface area contributed by atoms with Crippen LogP contribution in [0.1, 0.15) is 15.7 Å². The molecule has 0 unspecified atom stereocenters. The van der Waals surface area contributed by atoms with E-state index in [4.69, 9.17) is 79.5 Å². The molecule has 0 saturated carbocycles. The Morgan fingerprint density at radius 1 is 0.411 bits per heavy atom. The van der Waals surface area contributed by atoms with Gasteiger partial charge in [-0.25, -0.2) is 39.9 Å². The highest BCUT2D eigenvalue weighted by molar-refractivity contribution is 7.22. The summed E-state index contributed by atoms with van der Waals surface area (Å²) < 4.78 is 8.66. The maximum atomic E-state index is 12.6. The van der Waals surface area contributed by atoms with E-state index in [2.05, 4.69) is 108 Å². The largest absolute Gasteiger partial charge is 0.454 e. The number of nitrogen functional groups attached to an aromatic ring is 5. The van der Waals surface area contributed by atoms with Crippen molar-refractivity contribution < 1.29 is 4.42 Å². The molecule has 628 valence electrons. The number of hydrogen-bond acceptors (Lipinski definition) is 28. The van der Waals surface area contributed by atoms with Gasteiger partial charge in [0.25, 0.3) is 11.1 Å². The Labute approximate surface area is 762 Å². The maximum Gasteiger partial charge on any atom is 0.259 e. The van der Waals surface area contributed by atoms with Crippen molar-refractivity contribution in [1.82, 2.24) is 94.5 Å². The van der Waals surface area contributed by atoms with Crippen LogP contribution in [-0.4, -0.2) is 94.5 Å². The number of nitrogens with zero attached hydrogens (tertiary/aromatic N) is 18. The van der Waals surface area contributed by atoms with Crippen molar-refractivity contribution in [2.45, 2.75) is 13.8 Å². The summed E-state index contributed by atoms with van der Waals surface area (Å²) in [4.78, 5) is 96.2. The topological polar surface area (TPSA) is 444 Å². The lowest BCUT2D eigenvalue weighted by atomic mass is 10.0. The molecule has 0 fully saturated rings. The number of thiazole rings is 2. The molecule has 35 heteroatoms. The Morgan fingerprint density at radius 3 is 1.44 bits per heavy atom. The molecule has 22 aromatic rings. The van der Waals surface area contributed by atoms with Gasteiger partial charge in [-0.05, 0) is 146 Å². The Kier molecular flexibility index (Phi) is 23.5. The molecular formula is C94H63Cl4N25O3S3. The van der Waals surface area contributed by atoms with Gasteiger partial charge < -0.3 is 42.6 Å². The second-order valence-corrected chi connectivity index (χ2v) is 34.0. The average molecular weight is 1830 g/mol. The van der Waals surface area contributed by atoms with E-state index in [9.17, 15) is 14.9 Å². The molecule has 0 saturated heterocycles. The monoisotopic (exact) mass is 1830 g/mol. The van der Waals surface area contributed by atoms with Crippen LogP contribution in [0, 0.1) is 25.2 Å². The molecular weight excluding hydrogens is 1770 g/mol. The number of pyridine rings is 5. The van der Waals surface area contributed by atoms with E-state index >= 15 is 0 Å². The van der Waals surface area contributed by atoms with Crippen LogP contribution in [0.5, 0.6) is 0 Å². The number of aromatic nitrogens is 19. The minimum Gasteiger partial charge on any atom is -0.454 e. The summed E-state index contributed by atoms with van der Waals surface area (Å²) in [7, 11) is 1.68. The molecule has 0 aliphatic rings. The fraction of sp³-hybridized carbons (Fsp3) is 0.0319. The number of nitrogens with two attached hydrogens (primary N) is 5. The van der Waals surface area contributed by atoms with E-state index in [1.807, 2.05) is 153 Å². The Bertz CT molecular complexity index is 8270. The third-order valence-electron chi connectivity index (χ3n) is 20.2. The van der Waals surface area contributed by atoms with Crippen LogP contribution in [0.2, 0.25) is 20.1 Å². The zero-order chi connectivity index (χ0) is 89.3. The molecule has 22 rings (SSSR count). The quantitative estimate of drug-likeness (QED) is 0.0668. The van der Waals surface area contributed by atoms with Crippen LogP contribution in [-0.2, 0) is 7.05 Å². The molecule has 7 aromatic carbocycles. The third-order valence-corrected chi connectivity index (χ3v) is 24.3. The molecule has 12 N–H and O–H groups in total. The van der Waals surface area contributed by atoms with Crippen molar-refractivity contribution in [2.75, 3.05) is 28.7 Å². The van der Waals surface area contributed by atoms with E-state index in [0.29, 0.717) is 111 Å². The summed E-state index contributed by atoms with van der Waals surface area (Å²) in [5, 5.41) is 27.5. The first-order valence-electron chi connectivity index (χ1n) is 39.1. The van der Waals surface area contributed by atoms with Gasteiger partial charge in [-0.3, -0.25) is 49.6 Å². The molecule has 15 heterocycles. The van der Waals surface area contributed by atoms with Gasteiger partial charge in [-0.1, -0.05) is 107 Å². The lowest BCUT2D eigenvalue weighted by Crippen LogP contribution is -2.18. The van der Waals surface area contributed by atoms with Gasteiger partial charge in [-0.2, -0.15) is 10.4 Å². The summed E-state index contributed by atoms with van der Waals surface area (Å²) in [5.74, 6) is 1.90. The first-order chi connectivity index (χ1) is 62.6. The van der Waals surface area contributed by atoms with Gasteiger partial charge in [0, 0.05) is 115 Å². The molecule has 0 aliphatic carbocycles. The third kappa shape index (κ3) is 17.6. The number of hydrogen-bond donors (Lipinski definition) is 7. The number of furan rings is 1. The SMILES string of the molecule is Cc1ncc(-c2nc(N)cnc2-c2cc(Cl)c3[nH]ncc3c2)s1.Cc1ncc(-c2nc(N)cnc2-c2ccc3c(=O)[nH]ccc3c2)s1.Cn1cccc(-c2nc(N)cnc2-c2cc(Cl)c3ncccc3c2)c1=O.N#Cc1nc(-c2cc(Cl)c3ncccc3c2)c(-c2cc3ccccc3o2)nc1N.Nc1cnc(-c2cc(Cl)c3ncccc3c2)c(-c2cc3ccccc3s2)n1. The van der Waals surface area contributed by atoms with E-state index < -0.39 is 0 Å². The van der Waals surface area contributed by atoms with E-state index in [-0.39, 0.29) is 28.4 Å². The smallest absolute Gasteiger partial charge is 0.259 e. The molecule has 0 amide bonds. The van der Waals surface area contributed by atoms with Crippen molar-refractivity contribution in [1.29, 1.82) is 5.26 Å². The normalized spacial score (nSPS) is 11.1. The number of H-pyrrole nitrogens is 2. The number of rotatable bonds is 10. The van der Waals surface area contributed by atoms with Gasteiger partial charge in [0.15, 0.2) is 17.3 Å². The number of anilines is 5. The van der Waals surface area contributed by atoms with Crippen LogP contribution in [0.4, 0.5) is 29.1 Å². The minimum atomic E-state index is -0.179. The number of halogens is 4. The van der Waals surface area contributed by atoms with Gasteiger partial charge in [0.2, 0.25) is 0 Å². The summed E-state index contributed by atoms with van der Waals surface area (Å²) in [5.41, 5.74) is 43.5. The maximum absolute atomic E-state index is 12.6. The Hall–Kier alpha value is -15.8. The van der Waals surface area contributed by atoms with Crippen LogP contribution < -0.4 is 39.8 Å². The number of fused-ring (bicyclic) bond motifs is 7. The number of nitrogens with one attached hydrogen (secondary N) is 2. The fourth-order valence-electron chi connectivity index (χ4n) is 14.3. The summed E-state index contributed by atoms with van der Waals surface area (Å²) >= 11 is 30.4. The molecule has 0 aliphatic heterocycles. The summed E-state index contributed by atoms with van der Waals surface area (Å²) in [6.07, 6.45) is 19.8. The van der Waals surface area contributed by atoms with Crippen molar-refractivity contribution >= 4 is 185 Å². The van der Waals surface area contributed by atoms with Gasteiger partial charge in [-0.15, -0.1) is 34.0 Å². The zero-order valence-corrected chi connectivity index (χ0v) is 73.1. The molecule has 129 heavy (non-hydrogen) atoms. The van der Waals surface area contributed by atoms with Crippen molar-refractivity contribution in [3.05, 3.63) is 313 Å². The highest BCUT2D eigenvalue weighted by Crippen LogP contribution is 2.43. The summed E-state index contributed by atoms with van der Waals surface area (Å²) in [6, 6.07) is 59.3. The van der Waals surface area contributed by atoms with Crippen LogP contribution in [0.15, 0.2) is 270 Å². The van der Waals surface area contributed by atoms with Gasteiger partial charge >= 0.3 is 0 Å². The van der Waals surface area contributed by atoms with E-state index in [0.717, 1.165) is 113 Å². The van der Waals surface area contributed by atoms with E-state index in [1.165, 1.54) is 27.0 Å². The van der Waals surface area contributed by atoms with Crippen molar-refractivity contribution in [3.63, 3.8) is 0 Å². The van der Waals surface area contributed by atoms with Crippen LogP contribution in [0.3, 0.4) is 0 Å². The van der Waals surface area contributed by atoms with Crippen molar-refractivity contribution in [3.8, 4) is 117 Å². The number of benzene rings is 7. The second-order valence-electron chi connectivity index (χ2n) is 28.9. The van der Waals surface area contributed by atoms with Crippen LogP contribution >= 0.6 is 80.4 Å². The first-order valence-corrected chi connectivity index (χ1v) is 43.0. The number of para-hydroxylation sites is 1. The number of aromatic amines is 2.